The Hall–Kier alpha value is -1.70. The Bertz CT molecular complexity index is 790. The molecule has 138 valence electrons. The van der Waals surface area contributed by atoms with Crippen LogP contribution in [0.1, 0.15) is 32.0 Å². The molecule has 0 unspecified atom stereocenters. The van der Waals surface area contributed by atoms with Crippen LogP contribution in [0.3, 0.4) is 0 Å². The summed E-state index contributed by atoms with van der Waals surface area (Å²) in [5.74, 6) is 0. The van der Waals surface area contributed by atoms with Gasteiger partial charge in [0.1, 0.15) is 4.90 Å². The first kappa shape index (κ1) is 19.6. The summed E-state index contributed by atoms with van der Waals surface area (Å²) in [4.78, 5) is 2.20. The van der Waals surface area contributed by atoms with Crippen LogP contribution in [0.25, 0.3) is 0 Å². The molecule has 0 aliphatic carbocycles. The molecule has 0 saturated carbocycles. The number of rotatable bonds is 7. The molecule has 0 amide bonds. The van der Waals surface area contributed by atoms with Gasteiger partial charge in [0, 0.05) is 24.7 Å². The lowest BCUT2D eigenvalue weighted by molar-refractivity contribution is 0.412. The van der Waals surface area contributed by atoms with Crippen LogP contribution in [0, 0.1) is 0 Å². The second kappa shape index (κ2) is 7.68. The normalized spacial score (nSPS) is 12.7. The monoisotopic (exact) mass is 364 g/mol. The van der Waals surface area contributed by atoms with E-state index in [1.54, 1.807) is 10.9 Å². The lowest BCUT2D eigenvalue weighted by Gasteiger charge is -2.18. The zero-order valence-corrected chi connectivity index (χ0v) is 16.5. The Balaban J connectivity index is 2.32. The Morgan fingerprint density at radius 2 is 1.80 bits per heavy atom. The largest absolute Gasteiger partial charge is 0.308 e. The zero-order chi connectivity index (χ0) is 18.7. The highest BCUT2D eigenvalue weighted by atomic mass is 32.2. The molecule has 6 nitrogen and oxygen atoms in total. The molecule has 0 aliphatic rings. The molecule has 0 aliphatic heterocycles. The molecular formula is C18H28N4O2S. The van der Waals surface area contributed by atoms with Crippen molar-refractivity contribution in [3.63, 3.8) is 0 Å². The van der Waals surface area contributed by atoms with Crippen LogP contribution in [-0.2, 0) is 22.0 Å². The van der Waals surface area contributed by atoms with E-state index in [0.29, 0.717) is 25.3 Å². The predicted octanol–water partition coefficient (Wildman–Crippen LogP) is 2.07. The molecule has 1 aromatic heterocycles. The van der Waals surface area contributed by atoms with Crippen molar-refractivity contribution in [2.75, 3.05) is 27.2 Å². The predicted molar refractivity (Wildman–Crippen MR) is 100 cm³/mol. The van der Waals surface area contributed by atoms with Gasteiger partial charge in [-0.1, -0.05) is 51.1 Å². The van der Waals surface area contributed by atoms with E-state index in [0.717, 1.165) is 5.56 Å². The summed E-state index contributed by atoms with van der Waals surface area (Å²) in [6, 6.07) is 9.88. The van der Waals surface area contributed by atoms with Crippen molar-refractivity contribution < 1.29 is 8.42 Å². The summed E-state index contributed by atoms with van der Waals surface area (Å²) in [7, 11) is 0.218. The maximum atomic E-state index is 12.8. The molecule has 0 saturated heterocycles. The molecule has 0 spiro atoms. The van der Waals surface area contributed by atoms with Gasteiger partial charge in [-0.2, -0.15) is 5.10 Å². The van der Waals surface area contributed by atoms with Gasteiger partial charge < -0.3 is 4.90 Å². The van der Waals surface area contributed by atoms with E-state index >= 15 is 0 Å². The second-order valence-electron chi connectivity index (χ2n) is 7.48. The van der Waals surface area contributed by atoms with Gasteiger partial charge in [0.05, 0.1) is 12.2 Å². The summed E-state index contributed by atoms with van der Waals surface area (Å²) < 4.78 is 29.9. The van der Waals surface area contributed by atoms with Crippen molar-refractivity contribution in [1.82, 2.24) is 19.4 Å². The molecule has 0 radical (unpaired) electrons. The Morgan fingerprint density at radius 1 is 1.16 bits per heavy atom. The van der Waals surface area contributed by atoms with Crippen LogP contribution in [-0.4, -0.2) is 50.3 Å². The number of hydrogen-bond acceptors (Lipinski definition) is 4. The number of nitrogens with one attached hydrogen (secondary N) is 1. The van der Waals surface area contributed by atoms with Crippen molar-refractivity contribution in [2.45, 2.75) is 37.6 Å². The third-order valence-electron chi connectivity index (χ3n) is 3.77. The SMILES string of the molecule is CN(C)CCNS(=O)(=O)c1cn(Cc2ccccc2)nc1C(C)(C)C. The molecule has 1 heterocycles. The minimum Gasteiger partial charge on any atom is -0.308 e. The van der Waals surface area contributed by atoms with Crippen molar-refractivity contribution in [3.8, 4) is 0 Å². The number of aromatic nitrogens is 2. The Labute approximate surface area is 150 Å². The topological polar surface area (TPSA) is 67.2 Å². The van der Waals surface area contributed by atoms with Gasteiger partial charge >= 0.3 is 0 Å². The van der Waals surface area contributed by atoms with Crippen molar-refractivity contribution in [2.24, 2.45) is 0 Å². The summed E-state index contributed by atoms with van der Waals surface area (Å²) in [6.07, 6.45) is 1.63. The highest BCUT2D eigenvalue weighted by Gasteiger charge is 2.29. The highest BCUT2D eigenvalue weighted by molar-refractivity contribution is 7.89. The van der Waals surface area contributed by atoms with E-state index < -0.39 is 10.0 Å². The summed E-state index contributed by atoms with van der Waals surface area (Å²) in [5.41, 5.74) is 1.30. The van der Waals surface area contributed by atoms with E-state index in [1.807, 2.05) is 70.1 Å². The third kappa shape index (κ3) is 5.39. The van der Waals surface area contributed by atoms with E-state index in [1.165, 1.54) is 0 Å². The smallest absolute Gasteiger partial charge is 0.244 e. The fourth-order valence-corrected chi connectivity index (χ4v) is 3.83. The van der Waals surface area contributed by atoms with Crippen LogP contribution in [0.15, 0.2) is 41.4 Å². The third-order valence-corrected chi connectivity index (χ3v) is 5.23. The average Bonchev–Trinajstić information content (AvgIpc) is 2.92. The zero-order valence-electron chi connectivity index (χ0n) is 15.7. The van der Waals surface area contributed by atoms with Gasteiger partial charge in [-0.15, -0.1) is 0 Å². The standard InChI is InChI=1S/C18H28N4O2S/c1-18(2,3)17-16(25(23,24)19-11-12-21(4)5)14-22(20-17)13-15-9-7-6-8-10-15/h6-10,14,19H,11-13H2,1-5H3. The van der Waals surface area contributed by atoms with Gasteiger partial charge in [-0.3, -0.25) is 4.68 Å². The van der Waals surface area contributed by atoms with Crippen molar-refractivity contribution in [3.05, 3.63) is 47.8 Å². The fourth-order valence-electron chi connectivity index (χ4n) is 2.45. The molecule has 0 fully saturated rings. The average molecular weight is 365 g/mol. The van der Waals surface area contributed by atoms with Gasteiger partial charge in [-0.05, 0) is 19.7 Å². The van der Waals surface area contributed by atoms with E-state index in [-0.39, 0.29) is 10.3 Å². The van der Waals surface area contributed by atoms with E-state index in [2.05, 4.69) is 9.82 Å². The number of hydrogen-bond donors (Lipinski definition) is 1. The van der Waals surface area contributed by atoms with Gasteiger partial charge in [-0.25, -0.2) is 13.1 Å². The van der Waals surface area contributed by atoms with Crippen LogP contribution >= 0.6 is 0 Å². The number of sulfonamides is 1. The van der Waals surface area contributed by atoms with Crippen LogP contribution in [0.4, 0.5) is 0 Å². The second-order valence-corrected chi connectivity index (χ2v) is 9.21. The lowest BCUT2D eigenvalue weighted by atomic mass is 9.92. The quantitative estimate of drug-likeness (QED) is 0.817. The molecule has 0 bridgehead atoms. The molecule has 2 aromatic rings. The lowest BCUT2D eigenvalue weighted by Crippen LogP contribution is -2.32. The fraction of sp³-hybridized carbons (Fsp3) is 0.500. The van der Waals surface area contributed by atoms with Crippen LogP contribution in [0.2, 0.25) is 0 Å². The van der Waals surface area contributed by atoms with E-state index in [4.69, 9.17) is 0 Å². The van der Waals surface area contributed by atoms with Crippen LogP contribution in [0.5, 0.6) is 0 Å². The molecule has 7 heteroatoms. The molecule has 1 N–H and O–H groups in total. The van der Waals surface area contributed by atoms with Crippen molar-refractivity contribution in [1.29, 1.82) is 0 Å². The molecule has 25 heavy (non-hydrogen) atoms. The highest BCUT2D eigenvalue weighted by Crippen LogP contribution is 2.27. The number of benzene rings is 1. The maximum Gasteiger partial charge on any atom is 0.244 e. The first-order chi connectivity index (χ1) is 11.6. The maximum absolute atomic E-state index is 12.8. The summed E-state index contributed by atoms with van der Waals surface area (Å²) >= 11 is 0. The Morgan fingerprint density at radius 3 is 2.36 bits per heavy atom. The van der Waals surface area contributed by atoms with Crippen LogP contribution < -0.4 is 4.72 Å². The summed E-state index contributed by atoms with van der Waals surface area (Å²) in [5, 5.41) is 4.57. The van der Waals surface area contributed by atoms with Gasteiger partial charge in [0.15, 0.2) is 0 Å². The molecule has 1 aromatic carbocycles. The molecule has 0 atom stereocenters. The Kier molecular flexibility index (Phi) is 6.03. The minimum atomic E-state index is -3.60. The minimum absolute atomic E-state index is 0.259. The summed E-state index contributed by atoms with van der Waals surface area (Å²) in [6.45, 7) is 7.46. The first-order valence-corrected chi connectivity index (χ1v) is 9.84. The van der Waals surface area contributed by atoms with Crippen molar-refractivity contribution >= 4 is 10.0 Å². The number of likely N-dealkylation sites (N-methyl/N-ethyl adjacent to an activating group) is 1. The first-order valence-electron chi connectivity index (χ1n) is 8.36. The molecular weight excluding hydrogens is 336 g/mol. The van der Waals surface area contributed by atoms with Gasteiger partial charge in [0.25, 0.3) is 0 Å². The van der Waals surface area contributed by atoms with Gasteiger partial charge in [0.2, 0.25) is 10.0 Å². The van der Waals surface area contributed by atoms with E-state index in [9.17, 15) is 8.42 Å². The molecule has 2 rings (SSSR count). The number of nitrogens with zero attached hydrogens (tertiary/aromatic N) is 3.